The maximum Gasteiger partial charge on any atom is 0.319 e. The number of nitrogens with one attached hydrogen (secondary N) is 3. The third kappa shape index (κ3) is 6.29. The van der Waals surface area contributed by atoms with E-state index in [9.17, 15) is 28.6 Å². The number of nitrogens with zero attached hydrogens (tertiary/aromatic N) is 1. The van der Waals surface area contributed by atoms with Crippen LogP contribution in [0.5, 0.6) is 0 Å². The SMILES string of the molecule is Cc1cc(NC(=O)NC2c3cc(F)c(F)cc3C(C)(C)C[C@H]2O)c(-c2ccccc2)nc1C(=O)NCC(C)(C)O. The van der Waals surface area contributed by atoms with Gasteiger partial charge in [0.1, 0.15) is 5.69 Å². The van der Waals surface area contributed by atoms with Crippen molar-refractivity contribution in [1.29, 1.82) is 0 Å². The number of aliphatic hydroxyl groups excluding tert-OH is 1. The van der Waals surface area contributed by atoms with E-state index in [0.29, 0.717) is 33.6 Å². The van der Waals surface area contributed by atoms with Gasteiger partial charge in [-0.1, -0.05) is 44.2 Å². The largest absolute Gasteiger partial charge is 0.391 e. The molecular weight excluding hydrogens is 518 g/mol. The van der Waals surface area contributed by atoms with Crippen LogP contribution >= 0.6 is 0 Å². The molecule has 3 aromatic rings. The number of pyridine rings is 1. The van der Waals surface area contributed by atoms with E-state index >= 15 is 0 Å². The van der Waals surface area contributed by atoms with Crippen LogP contribution in [0.1, 0.15) is 67.3 Å². The molecule has 0 fully saturated rings. The average Bonchev–Trinajstić information content (AvgIpc) is 2.86. The van der Waals surface area contributed by atoms with Crippen LogP contribution < -0.4 is 16.0 Å². The van der Waals surface area contributed by atoms with Crippen LogP contribution in [0.4, 0.5) is 19.3 Å². The van der Waals surface area contributed by atoms with Gasteiger partial charge in [-0.05, 0) is 67.5 Å². The molecule has 0 saturated heterocycles. The fourth-order valence-electron chi connectivity index (χ4n) is 4.97. The van der Waals surface area contributed by atoms with Crippen LogP contribution in [0.15, 0.2) is 48.5 Å². The third-order valence-electron chi connectivity index (χ3n) is 6.95. The molecule has 212 valence electrons. The summed E-state index contributed by atoms with van der Waals surface area (Å²) in [4.78, 5) is 30.7. The highest BCUT2D eigenvalue weighted by molar-refractivity contribution is 5.98. The molecule has 10 heteroatoms. The molecule has 0 bridgehead atoms. The first-order chi connectivity index (χ1) is 18.7. The molecule has 0 spiro atoms. The van der Waals surface area contributed by atoms with Crippen molar-refractivity contribution in [2.24, 2.45) is 0 Å². The number of aryl methyl sites for hydroxylation is 1. The molecule has 1 aliphatic carbocycles. The van der Waals surface area contributed by atoms with Gasteiger partial charge in [-0.3, -0.25) is 4.79 Å². The molecule has 1 unspecified atom stereocenters. The minimum absolute atomic E-state index is 0.0164. The van der Waals surface area contributed by atoms with Crippen molar-refractivity contribution >= 4 is 17.6 Å². The predicted octanol–water partition coefficient (Wildman–Crippen LogP) is 4.74. The fraction of sp³-hybridized carbons (Fsp3) is 0.367. The number of anilines is 1. The number of aromatic nitrogens is 1. The van der Waals surface area contributed by atoms with Gasteiger partial charge in [-0.2, -0.15) is 0 Å². The maximum atomic E-state index is 14.2. The highest BCUT2D eigenvalue weighted by atomic mass is 19.2. The lowest BCUT2D eigenvalue weighted by Crippen LogP contribution is -2.45. The van der Waals surface area contributed by atoms with E-state index in [0.717, 1.165) is 12.1 Å². The molecule has 2 aromatic carbocycles. The summed E-state index contributed by atoms with van der Waals surface area (Å²) in [5.41, 5.74) is 0.927. The Labute approximate surface area is 231 Å². The van der Waals surface area contributed by atoms with Crippen molar-refractivity contribution < 1.29 is 28.6 Å². The van der Waals surface area contributed by atoms with E-state index < -0.39 is 46.7 Å². The van der Waals surface area contributed by atoms with Crippen molar-refractivity contribution in [3.63, 3.8) is 0 Å². The zero-order valence-corrected chi connectivity index (χ0v) is 23.1. The summed E-state index contributed by atoms with van der Waals surface area (Å²) < 4.78 is 28.3. The summed E-state index contributed by atoms with van der Waals surface area (Å²) in [6, 6.07) is 11.0. The molecule has 1 heterocycles. The van der Waals surface area contributed by atoms with Gasteiger partial charge in [-0.15, -0.1) is 0 Å². The Morgan fingerprint density at radius 2 is 1.75 bits per heavy atom. The number of hydrogen-bond acceptors (Lipinski definition) is 5. The summed E-state index contributed by atoms with van der Waals surface area (Å²) in [5, 5.41) is 29.0. The van der Waals surface area contributed by atoms with Crippen LogP contribution in [0.2, 0.25) is 0 Å². The van der Waals surface area contributed by atoms with Gasteiger partial charge in [0.2, 0.25) is 0 Å². The number of aliphatic hydroxyl groups is 2. The molecule has 0 aliphatic heterocycles. The zero-order valence-electron chi connectivity index (χ0n) is 23.1. The van der Waals surface area contributed by atoms with E-state index in [-0.39, 0.29) is 18.7 Å². The lowest BCUT2D eigenvalue weighted by Gasteiger charge is -2.40. The van der Waals surface area contributed by atoms with Gasteiger partial charge in [-0.25, -0.2) is 18.6 Å². The van der Waals surface area contributed by atoms with E-state index in [2.05, 4.69) is 20.9 Å². The maximum absolute atomic E-state index is 14.2. The van der Waals surface area contributed by atoms with Crippen LogP contribution in [0.3, 0.4) is 0 Å². The Morgan fingerprint density at radius 1 is 1.10 bits per heavy atom. The van der Waals surface area contributed by atoms with E-state index in [4.69, 9.17) is 0 Å². The fourth-order valence-corrected chi connectivity index (χ4v) is 4.97. The highest BCUT2D eigenvalue weighted by Gasteiger charge is 2.40. The molecule has 1 aliphatic rings. The van der Waals surface area contributed by atoms with E-state index in [1.165, 1.54) is 0 Å². The molecule has 0 saturated carbocycles. The number of amides is 3. The summed E-state index contributed by atoms with van der Waals surface area (Å²) >= 11 is 0. The molecule has 4 rings (SSSR count). The molecule has 2 atom stereocenters. The topological polar surface area (TPSA) is 124 Å². The van der Waals surface area contributed by atoms with Crippen LogP contribution in [0.25, 0.3) is 11.3 Å². The Balaban J connectivity index is 1.66. The molecule has 0 radical (unpaired) electrons. The van der Waals surface area contributed by atoms with Gasteiger partial charge < -0.3 is 26.2 Å². The van der Waals surface area contributed by atoms with Crippen molar-refractivity contribution in [1.82, 2.24) is 15.6 Å². The van der Waals surface area contributed by atoms with Gasteiger partial charge >= 0.3 is 6.03 Å². The second-order valence-electron chi connectivity index (χ2n) is 11.5. The normalized spacial score (nSPS) is 18.0. The standard InChI is InChI=1S/C30H34F2N4O4/c1-16-11-22(25(17-9-7-6-8-10-17)35-24(16)27(38)33-15-30(4,5)40)34-28(39)36-26-18-12-20(31)21(32)13-19(18)29(2,3)14-23(26)37/h6-13,23,26,37,40H,14-15H2,1-5H3,(H,33,38)(H2,34,36,39)/t23-,26?/m1/s1. The first-order valence-electron chi connectivity index (χ1n) is 13.0. The van der Waals surface area contributed by atoms with Gasteiger partial charge in [0.25, 0.3) is 5.91 Å². The first-order valence-corrected chi connectivity index (χ1v) is 13.0. The smallest absolute Gasteiger partial charge is 0.319 e. The molecule has 1 aromatic heterocycles. The Morgan fingerprint density at radius 3 is 2.40 bits per heavy atom. The number of urea groups is 1. The van der Waals surface area contributed by atoms with E-state index in [1.807, 2.05) is 19.9 Å². The monoisotopic (exact) mass is 552 g/mol. The quantitative estimate of drug-likeness (QED) is 0.302. The van der Waals surface area contributed by atoms with Crippen molar-refractivity contribution in [3.8, 4) is 11.3 Å². The van der Waals surface area contributed by atoms with Crippen LogP contribution in [-0.4, -0.2) is 45.4 Å². The molecule has 3 amide bonds. The second-order valence-corrected chi connectivity index (χ2v) is 11.5. The number of carbonyl (C=O) groups is 2. The minimum Gasteiger partial charge on any atom is -0.391 e. The van der Waals surface area contributed by atoms with Crippen LogP contribution in [0, 0.1) is 18.6 Å². The number of benzene rings is 2. The lowest BCUT2D eigenvalue weighted by atomic mass is 9.69. The molecule has 8 nitrogen and oxygen atoms in total. The number of hydrogen-bond donors (Lipinski definition) is 5. The second kappa shape index (κ2) is 10.9. The average molecular weight is 553 g/mol. The van der Waals surface area contributed by atoms with E-state index in [1.54, 1.807) is 51.1 Å². The lowest BCUT2D eigenvalue weighted by molar-refractivity contribution is 0.0691. The van der Waals surface area contributed by atoms with Crippen molar-refractivity contribution in [3.05, 3.63) is 82.5 Å². The zero-order chi connectivity index (χ0) is 29.4. The van der Waals surface area contributed by atoms with Crippen LogP contribution in [-0.2, 0) is 5.41 Å². The highest BCUT2D eigenvalue weighted by Crippen LogP contribution is 2.42. The predicted molar refractivity (Wildman–Crippen MR) is 148 cm³/mol. The number of fused-ring (bicyclic) bond motifs is 1. The summed E-state index contributed by atoms with van der Waals surface area (Å²) in [7, 11) is 0. The molecule has 40 heavy (non-hydrogen) atoms. The minimum atomic E-state index is -1.11. The summed E-state index contributed by atoms with van der Waals surface area (Å²) in [5.74, 6) is -2.54. The number of carbonyl (C=O) groups excluding carboxylic acids is 2. The van der Waals surface area contributed by atoms with Crippen molar-refractivity contribution in [2.45, 2.75) is 64.2 Å². The molecule has 5 N–H and O–H groups in total. The Kier molecular flexibility index (Phi) is 7.96. The molecular formula is C30H34F2N4O4. The number of rotatable bonds is 6. The van der Waals surface area contributed by atoms with Gasteiger partial charge in [0.15, 0.2) is 11.6 Å². The Hall–Kier alpha value is -3.89. The van der Waals surface area contributed by atoms with Gasteiger partial charge in [0.05, 0.1) is 29.1 Å². The summed E-state index contributed by atoms with van der Waals surface area (Å²) in [6.45, 7) is 8.47. The third-order valence-corrected chi connectivity index (χ3v) is 6.95. The van der Waals surface area contributed by atoms with Gasteiger partial charge in [0, 0.05) is 12.1 Å². The first kappa shape index (κ1) is 29.1. The number of halogens is 2. The summed E-state index contributed by atoms with van der Waals surface area (Å²) in [6.07, 6.45) is -0.825. The Bertz CT molecular complexity index is 1440. The van der Waals surface area contributed by atoms with Crippen molar-refractivity contribution in [2.75, 3.05) is 11.9 Å².